The minimum Gasteiger partial charge on any atom is -0.495 e. The molecule has 2 aliphatic heterocycles. The van der Waals surface area contributed by atoms with E-state index in [9.17, 15) is 9.59 Å². The van der Waals surface area contributed by atoms with Crippen LogP contribution in [0.5, 0.6) is 5.75 Å². The third-order valence-electron chi connectivity index (χ3n) is 6.66. The van der Waals surface area contributed by atoms with Crippen LogP contribution in [0, 0.1) is 13.8 Å². The highest BCUT2D eigenvalue weighted by Gasteiger charge is 2.32. The maximum atomic E-state index is 12.9. The fourth-order valence-electron chi connectivity index (χ4n) is 4.54. The third kappa shape index (κ3) is 4.38. The predicted molar refractivity (Wildman–Crippen MR) is 126 cm³/mol. The van der Waals surface area contributed by atoms with E-state index in [-0.39, 0.29) is 11.8 Å². The van der Waals surface area contributed by atoms with E-state index in [1.54, 1.807) is 16.9 Å². The first kappa shape index (κ1) is 22.0. The van der Waals surface area contributed by atoms with Crippen LogP contribution in [0.4, 0.5) is 11.4 Å². The summed E-state index contributed by atoms with van der Waals surface area (Å²) in [5, 5.41) is 0. The Hall–Kier alpha value is -3.22. The summed E-state index contributed by atoms with van der Waals surface area (Å²) >= 11 is 0. The Kier molecular flexibility index (Phi) is 6.53. The lowest BCUT2D eigenvalue weighted by Crippen LogP contribution is -2.56. The molecule has 2 heterocycles. The van der Waals surface area contributed by atoms with Gasteiger partial charge in [-0.05, 0) is 43.2 Å². The van der Waals surface area contributed by atoms with Crippen LogP contribution in [-0.2, 0) is 9.59 Å². The van der Waals surface area contributed by atoms with Gasteiger partial charge in [-0.15, -0.1) is 0 Å². The van der Waals surface area contributed by atoms with Crippen LogP contribution in [0.2, 0.25) is 0 Å². The van der Waals surface area contributed by atoms with Crippen LogP contribution in [0.3, 0.4) is 0 Å². The predicted octanol–water partition coefficient (Wildman–Crippen LogP) is 2.31. The molecular formula is C25H32N4O3. The smallest absolute Gasteiger partial charge is 0.312 e. The summed E-state index contributed by atoms with van der Waals surface area (Å²) in [7, 11) is 1.66. The largest absolute Gasteiger partial charge is 0.495 e. The first-order chi connectivity index (χ1) is 15.5. The van der Waals surface area contributed by atoms with Crippen LogP contribution in [0.25, 0.3) is 0 Å². The summed E-state index contributed by atoms with van der Waals surface area (Å²) in [5.41, 5.74) is 4.78. The van der Waals surface area contributed by atoms with E-state index >= 15 is 0 Å². The Morgan fingerprint density at radius 2 is 1.19 bits per heavy atom. The molecule has 4 rings (SSSR count). The molecular weight excluding hydrogens is 404 g/mol. The van der Waals surface area contributed by atoms with E-state index in [1.165, 1.54) is 16.8 Å². The summed E-state index contributed by atoms with van der Waals surface area (Å²) < 4.78 is 5.46. The molecule has 0 aromatic heterocycles. The Morgan fingerprint density at radius 1 is 0.688 bits per heavy atom. The molecule has 0 saturated carbocycles. The number of rotatable bonds is 3. The van der Waals surface area contributed by atoms with Crippen molar-refractivity contribution in [1.82, 2.24) is 9.80 Å². The van der Waals surface area contributed by atoms with E-state index in [2.05, 4.69) is 41.8 Å². The van der Waals surface area contributed by atoms with Gasteiger partial charge in [-0.25, -0.2) is 0 Å². The van der Waals surface area contributed by atoms with Gasteiger partial charge >= 0.3 is 11.8 Å². The number of carbonyl (C=O) groups excluding carboxylic acids is 2. The molecule has 2 saturated heterocycles. The Morgan fingerprint density at radius 3 is 1.75 bits per heavy atom. The number of para-hydroxylation sites is 2. The number of amides is 2. The summed E-state index contributed by atoms with van der Waals surface area (Å²) in [4.78, 5) is 33.7. The molecule has 2 fully saturated rings. The standard InChI is InChI=1S/C25H32N4O3/c1-19-7-6-9-21(20(19)2)26-11-15-28(16-12-26)24(30)25(31)29-17-13-27(14-18-29)22-8-4-5-10-23(22)32-3/h4-10H,11-18H2,1-3H3. The van der Waals surface area contributed by atoms with Crippen LogP contribution < -0.4 is 14.5 Å². The molecule has 0 unspecified atom stereocenters. The van der Waals surface area contributed by atoms with Gasteiger partial charge in [0.1, 0.15) is 5.75 Å². The van der Waals surface area contributed by atoms with Crippen molar-refractivity contribution in [1.29, 1.82) is 0 Å². The Labute approximate surface area is 190 Å². The van der Waals surface area contributed by atoms with Gasteiger partial charge in [0.25, 0.3) is 0 Å². The van der Waals surface area contributed by atoms with Crippen molar-refractivity contribution in [3.8, 4) is 5.75 Å². The number of anilines is 2. The molecule has 0 spiro atoms. The number of hydrogen-bond donors (Lipinski definition) is 0. The number of methoxy groups -OCH3 is 1. The van der Waals surface area contributed by atoms with Gasteiger partial charge in [-0.1, -0.05) is 24.3 Å². The third-order valence-corrected chi connectivity index (χ3v) is 6.66. The number of hydrogen-bond acceptors (Lipinski definition) is 5. The molecule has 7 nitrogen and oxygen atoms in total. The minimum atomic E-state index is -0.384. The molecule has 0 atom stereocenters. The van der Waals surface area contributed by atoms with Crippen LogP contribution in [-0.4, -0.2) is 81.1 Å². The first-order valence-electron chi connectivity index (χ1n) is 11.3. The maximum Gasteiger partial charge on any atom is 0.312 e. The molecule has 2 aromatic carbocycles. The van der Waals surface area contributed by atoms with Crippen LogP contribution in [0.15, 0.2) is 42.5 Å². The quantitative estimate of drug-likeness (QED) is 0.692. The number of aryl methyl sites for hydroxylation is 1. The van der Waals surface area contributed by atoms with Gasteiger partial charge in [0.15, 0.2) is 0 Å². The number of nitrogens with zero attached hydrogens (tertiary/aromatic N) is 4. The fourth-order valence-corrected chi connectivity index (χ4v) is 4.54. The second kappa shape index (κ2) is 9.51. The van der Waals surface area contributed by atoms with Gasteiger partial charge in [-0.2, -0.15) is 0 Å². The summed E-state index contributed by atoms with van der Waals surface area (Å²) in [6.45, 7) is 9.30. The zero-order chi connectivity index (χ0) is 22.7. The molecule has 32 heavy (non-hydrogen) atoms. The Balaban J connectivity index is 1.31. The van der Waals surface area contributed by atoms with Crippen molar-refractivity contribution in [2.75, 3.05) is 69.3 Å². The van der Waals surface area contributed by atoms with Crippen molar-refractivity contribution in [3.63, 3.8) is 0 Å². The average Bonchev–Trinajstić information content (AvgIpc) is 2.85. The molecule has 0 radical (unpaired) electrons. The van der Waals surface area contributed by atoms with Crippen LogP contribution >= 0.6 is 0 Å². The lowest BCUT2D eigenvalue weighted by atomic mass is 10.1. The zero-order valence-corrected chi connectivity index (χ0v) is 19.2. The van der Waals surface area contributed by atoms with E-state index in [1.807, 2.05) is 24.3 Å². The van der Waals surface area contributed by atoms with Gasteiger partial charge in [0, 0.05) is 58.0 Å². The summed E-state index contributed by atoms with van der Waals surface area (Å²) in [6, 6.07) is 14.2. The topological polar surface area (TPSA) is 56.3 Å². The Bertz CT molecular complexity index is 977. The van der Waals surface area contributed by atoms with E-state index in [4.69, 9.17) is 4.74 Å². The van der Waals surface area contributed by atoms with Gasteiger partial charge in [-0.3, -0.25) is 9.59 Å². The minimum absolute atomic E-state index is 0.378. The number of piperazine rings is 2. The second-order valence-corrected chi connectivity index (χ2v) is 8.45. The highest BCUT2D eigenvalue weighted by molar-refractivity contribution is 6.35. The number of benzene rings is 2. The SMILES string of the molecule is COc1ccccc1N1CCN(C(=O)C(=O)N2CCN(c3cccc(C)c3C)CC2)CC1. The highest BCUT2D eigenvalue weighted by Crippen LogP contribution is 2.28. The molecule has 0 aliphatic carbocycles. The van der Waals surface area contributed by atoms with E-state index in [0.29, 0.717) is 39.3 Å². The lowest BCUT2D eigenvalue weighted by Gasteiger charge is -2.39. The van der Waals surface area contributed by atoms with Crippen LogP contribution in [0.1, 0.15) is 11.1 Å². The van der Waals surface area contributed by atoms with Crippen molar-refractivity contribution in [3.05, 3.63) is 53.6 Å². The van der Waals surface area contributed by atoms with Gasteiger partial charge in [0.05, 0.1) is 12.8 Å². The molecule has 2 amide bonds. The molecule has 2 aliphatic rings. The average molecular weight is 437 g/mol. The van der Waals surface area contributed by atoms with Crippen molar-refractivity contribution in [2.24, 2.45) is 0 Å². The number of carbonyl (C=O) groups is 2. The normalized spacial score (nSPS) is 16.8. The molecule has 0 bridgehead atoms. The van der Waals surface area contributed by atoms with Gasteiger partial charge < -0.3 is 24.3 Å². The van der Waals surface area contributed by atoms with Crippen molar-refractivity contribution >= 4 is 23.2 Å². The zero-order valence-electron chi connectivity index (χ0n) is 19.2. The van der Waals surface area contributed by atoms with Crippen molar-refractivity contribution in [2.45, 2.75) is 13.8 Å². The first-order valence-corrected chi connectivity index (χ1v) is 11.3. The fraction of sp³-hybridized carbons (Fsp3) is 0.440. The highest BCUT2D eigenvalue weighted by atomic mass is 16.5. The number of ether oxygens (including phenoxy) is 1. The van der Waals surface area contributed by atoms with Crippen molar-refractivity contribution < 1.29 is 14.3 Å². The lowest BCUT2D eigenvalue weighted by molar-refractivity contribution is -0.152. The molecule has 0 N–H and O–H groups in total. The maximum absolute atomic E-state index is 12.9. The molecule has 2 aromatic rings. The van der Waals surface area contributed by atoms with E-state index < -0.39 is 0 Å². The monoisotopic (exact) mass is 436 g/mol. The summed E-state index contributed by atoms with van der Waals surface area (Å²) in [6.07, 6.45) is 0. The second-order valence-electron chi connectivity index (χ2n) is 8.45. The van der Waals surface area contributed by atoms with Gasteiger partial charge in [0.2, 0.25) is 0 Å². The summed E-state index contributed by atoms with van der Waals surface area (Å²) in [5.74, 6) is 0.0614. The molecule has 7 heteroatoms. The molecule has 170 valence electrons. The van der Waals surface area contributed by atoms with E-state index in [0.717, 1.165) is 24.5 Å².